The molecule has 0 aliphatic heterocycles. The largest absolute Gasteiger partial charge is 0.466 e. The van der Waals surface area contributed by atoms with Gasteiger partial charge in [0.15, 0.2) is 0 Å². The highest BCUT2D eigenvalue weighted by Gasteiger charge is 2.69. The Morgan fingerprint density at radius 2 is 1.43 bits per heavy atom. The van der Waals surface area contributed by atoms with Gasteiger partial charge in [-0.2, -0.15) is 0 Å². The zero-order chi connectivity index (χ0) is 29.1. The standard InChI is InChI=1S/C31H44O9/c1-19(2)25(33)39-30(7-8-38-21(4)32)11-22-5-6-23(24(10-22)12-30)9-20(3)26(34)40-31-16-27(35)13-28(36,17-31)15-29(37,14-27)18-31/h22-24,35-37H,1,3,5-18H2,2,4H3. The molecule has 0 aromatic carbocycles. The Bertz CT molecular complexity index is 1060. The molecular weight excluding hydrogens is 516 g/mol. The van der Waals surface area contributed by atoms with Gasteiger partial charge in [0.1, 0.15) is 11.2 Å². The fourth-order valence-corrected chi connectivity index (χ4v) is 9.38. The summed E-state index contributed by atoms with van der Waals surface area (Å²) >= 11 is 0. The first-order valence-electron chi connectivity index (χ1n) is 14.6. The molecule has 6 saturated carbocycles. The number of hydrogen-bond acceptors (Lipinski definition) is 9. The monoisotopic (exact) mass is 560 g/mol. The normalized spacial score (nSPS) is 43.1. The molecule has 0 heterocycles. The van der Waals surface area contributed by atoms with E-state index in [9.17, 15) is 29.7 Å². The first-order valence-corrected chi connectivity index (χ1v) is 14.6. The molecule has 9 heteroatoms. The molecule has 0 aromatic heterocycles. The molecule has 6 aliphatic rings. The Morgan fingerprint density at radius 3 is 1.98 bits per heavy atom. The average Bonchev–Trinajstić information content (AvgIpc) is 2.76. The van der Waals surface area contributed by atoms with Crippen LogP contribution in [0, 0.1) is 17.8 Å². The fourth-order valence-electron chi connectivity index (χ4n) is 9.38. The van der Waals surface area contributed by atoms with Crippen molar-refractivity contribution in [3.63, 3.8) is 0 Å². The van der Waals surface area contributed by atoms with E-state index in [4.69, 9.17) is 14.2 Å². The van der Waals surface area contributed by atoms with Gasteiger partial charge in [0, 0.05) is 63.0 Å². The van der Waals surface area contributed by atoms with Gasteiger partial charge in [0.25, 0.3) is 0 Å². The Morgan fingerprint density at radius 1 is 0.825 bits per heavy atom. The number of carbonyl (C=O) groups excluding carboxylic acids is 3. The van der Waals surface area contributed by atoms with Crippen LogP contribution in [0.15, 0.2) is 24.3 Å². The number of carbonyl (C=O) groups is 3. The molecular formula is C31H44O9. The van der Waals surface area contributed by atoms with Crippen molar-refractivity contribution >= 4 is 17.9 Å². The van der Waals surface area contributed by atoms with Gasteiger partial charge in [0.05, 0.1) is 23.4 Å². The van der Waals surface area contributed by atoms with E-state index in [-0.39, 0.29) is 62.9 Å². The number of aliphatic hydroxyl groups is 3. The molecule has 40 heavy (non-hydrogen) atoms. The Balaban J connectivity index is 1.26. The molecule has 4 atom stereocenters. The molecule has 0 saturated heterocycles. The van der Waals surface area contributed by atoms with Crippen LogP contribution >= 0.6 is 0 Å². The lowest BCUT2D eigenvalue weighted by Gasteiger charge is -2.64. The van der Waals surface area contributed by atoms with E-state index in [1.807, 2.05) is 0 Å². The zero-order valence-corrected chi connectivity index (χ0v) is 23.8. The number of ether oxygens (including phenoxy) is 3. The third-order valence-corrected chi connectivity index (χ3v) is 10.1. The molecule has 0 amide bonds. The SMILES string of the molecule is C=C(C)C(=O)OC1(CCOC(C)=O)CC2CCC(CC(=C)C(=O)OC34CC5(O)CC(O)(CC(O)(C5)C3)C4)C(C2)C1. The maximum atomic E-state index is 13.3. The van der Waals surface area contributed by atoms with Crippen molar-refractivity contribution < 1.29 is 43.9 Å². The highest BCUT2D eigenvalue weighted by Crippen LogP contribution is 2.62. The minimum Gasteiger partial charge on any atom is -0.466 e. The van der Waals surface area contributed by atoms with Crippen molar-refractivity contribution in [3.05, 3.63) is 24.3 Å². The van der Waals surface area contributed by atoms with Crippen LogP contribution in [-0.2, 0) is 28.6 Å². The number of esters is 3. The topological polar surface area (TPSA) is 140 Å². The van der Waals surface area contributed by atoms with Crippen molar-refractivity contribution in [1.29, 1.82) is 0 Å². The van der Waals surface area contributed by atoms with E-state index in [2.05, 4.69) is 13.2 Å². The summed E-state index contributed by atoms with van der Waals surface area (Å²) in [7, 11) is 0. The molecule has 3 N–H and O–H groups in total. The smallest absolute Gasteiger partial charge is 0.333 e. The predicted octanol–water partition coefficient (Wildman–Crippen LogP) is 3.43. The van der Waals surface area contributed by atoms with Gasteiger partial charge < -0.3 is 29.5 Å². The van der Waals surface area contributed by atoms with Gasteiger partial charge in [-0.1, -0.05) is 19.6 Å². The number of hydrogen-bond donors (Lipinski definition) is 3. The van der Waals surface area contributed by atoms with E-state index in [1.54, 1.807) is 6.92 Å². The molecule has 0 spiro atoms. The van der Waals surface area contributed by atoms with E-state index in [1.165, 1.54) is 6.92 Å². The molecule has 4 unspecified atom stereocenters. The van der Waals surface area contributed by atoms with Crippen LogP contribution < -0.4 is 0 Å². The number of rotatable bonds is 9. The van der Waals surface area contributed by atoms with Crippen molar-refractivity contribution in [2.45, 2.75) is 125 Å². The lowest BCUT2D eigenvalue weighted by Crippen LogP contribution is -2.72. The third-order valence-electron chi connectivity index (χ3n) is 10.1. The molecule has 0 aromatic rings. The summed E-state index contributed by atoms with van der Waals surface area (Å²) in [6.45, 7) is 10.9. The second kappa shape index (κ2) is 9.95. The van der Waals surface area contributed by atoms with Crippen molar-refractivity contribution in [2.75, 3.05) is 6.61 Å². The molecule has 6 rings (SSSR count). The van der Waals surface area contributed by atoms with Gasteiger partial charge in [-0.05, 0) is 56.8 Å². The number of fused-ring (bicyclic) bond motifs is 2. The van der Waals surface area contributed by atoms with E-state index in [0.717, 1.165) is 19.3 Å². The van der Waals surface area contributed by atoms with E-state index >= 15 is 0 Å². The van der Waals surface area contributed by atoms with Crippen molar-refractivity contribution in [3.8, 4) is 0 Å². The molecule has 9 nitrogen and oxygen atoms in total. The highest BCUT2D eigenvalue weighted by atomic mass is 16.6. The maximum absolute atomic E-state index is 13.3. The summed E-state index contributed by atoms with van der Waals surface area (Å²) in [5.41, 5.74) is -4.98. The fraction of sp³-hybridized carbons (Fsp3) is 0.774. The molecule has 222 valence electrons. The summed E-state index contributed by atoms with van der Waals surface area (Å²) in [5.74, 6) is -0.690. The molecule has 6 aliphatic carbocycles. The van der Waals surface area contributed by atoms with E-state index < -0.39 is 39.9 Å². The van der Waals surface area contributed by atoms with Gasteiger partial charge >= 0.3 is 17.9 Å². The van der Waals surface area contributed by atoms with Crippen molar-refractivity contribution in [1.82, 2.24) is 0 Å². The summed E-state index contributed by atoms with van der Waals surface area (Å²) in [5, 5.41) is 33.1. The van der Waals surface area contributed by atoms with Crippen LogP contribution in [0.1, 0.15) is 97.3 Å². The van der Waals surface area contributed by atoms with Crippen LogP contribution in [-0.4, -0.2) is 67.8 Å². The minimum atomic E-state index is -1.25. The van der Waals surface area contributed by atoms with Crippen LogP contribution in [0.4, 0.5) is 0 Å². The third kappa shape index (κ3) is 5.88. The lowest BCUT2D eigenvalue weighted by atomic mass is 9.48. The quantitative estimate of drug-likeness (QED) is 0.220. The maximum Gasteiger partial charge on any atom is 0.333 e. The Kier molecular flexibility index (Phi) is 7.28. The zero-order valence-electron chi connectivity index (χ0n) is 23.8. The van der Waals surface area contributed by atoms with Gasteiger partial charge in [-0.3, -0.25) is 4.79 Å². The minimum absolute atomic E-state index is 0.141. The second-order valence-corrected chi connectivity index (χ2v) is 14.2. The lowest BCUT2D eigenvalue weighted by molar-refractivity contribution is -0.300. The molecule has 0 radical (unpaired) electrons. The van der Waals surface area contributed by atoms with Crippen LogP contribution in [0.3, 0.4) is 0 Å². The van der Waals surface area contributed by atoms with Crippen LogP contribution in [0.5, 0.6) is 0 Å². The van der Waals surface area contributed by atoms with E-state index in [0.29, 0.717) is 42.7 Å². The first-order chi connectivity index (χ1) is 18.5. The Labute approximate surface area is 235 Å². The van der Waals surface area contributed by atoms with Gasteiger partial charge in [-0.15, -0.1) is 0 Å². The van der Waals surface area contributed by atoms with Gasteiger partial charge in [0.2, 0.25) is 0 Å². The summed E-state index contributed by atoms with van der Waals surface area (Å²) < 4.78 is 17.2. The van der Waals surface area contributed by atoms with Crippen LogP contribution in [0.2, 0.25) is 0 Å². The summed E-state index contributed by atoms with van der Waals surface area (Å²) in [6.07, 6.45) is 6.12. The molecule has 6 bridgehead atoms. The Hall–Kier alpha value is -2.23. The predicted molar refractivity (Wildman–Crippen MR) is 144 cm³/mol. The summed E-state index contributed by atoms with van der Waals surface area (Å²) in [4.78, 5) is 37.3. The first kappa shape index (κ1) is 29.3. The molecule has 6 fully saturated rings. The highest BCUT2D eigenvalue weighted by molar-refractivity contribution is 5.88. The average molecular weight is 561 g/mol. The van der Waals surface area contributed by atoms with Crippen molar-refractivity contribution in [2.24, 2.45) is 17.8 Å². The second-order valence-electron chi connectivity index (χ2n) is 14.2. The van der Waals surface area contributed by atoms with Gasteiger partial charge in [-0.25, -0.2) is 9.59 Å². The van der Waals surface area contributed by atoms with Crippen LogP contribution in [0.25, 0.3) is 0 Å². The summed E-state index contributed by atoms with van der Waals surface area (Å²) in [6, 6.07) is 0.